The Bertz CT molecular complexity index is 2240. The van der Waals surface area contributed by atoms with Crippen LogP contribution in [-0.2, 0) is 38.1 Å². The molecule has 16 nitrogen and oxygen atoms in total. The number of carbonyl (C=O) groups is 4. The molecule has 2 heterocycles. The van der Waals surface area contributed by atoms with E-state index in [1.807, 2.05) is 48.5 Å². The molecule has 0 saturated heterocycles. The zero-order chi connectivity index (χ0) is 51.3. The number of esters is 4. The van der Waals surface area contributed by atoms with Crippen molar-refractivity contribution in [2.45, 2.75) is 101 Å². The van der Waals surface area contributed by atoms with Gasteiger partial charge in [-0.2, -0.15) is 0 Å². The van der Waals surface area contributed by atoms with E-state index < -0.39 is 23.7 Å². The van der Waals surface area contributed by atoms with Gasteiger partial charge in [0.15, 0.2) is 0 Å². The van der Waals surface area contributed by atoms with E-state index in [9.17, 15) is 19.2 Å². The number of carbonyl (C=O) groups excluding carboxylic acids is 4. The average Bonchev–Trinajstić information content (AvgIpc) is 3.40. The van der Waals surface area contributed by atoms with E-state index in [-0.39, 0.29) is 76.0 Å². The normalized spacial score (nSPS) is 20.4. The van der Waals surface area contributed by atoms with Crippen LogP contribution in [0.25, 0.3) is 0 Å². The van der Waals surface area contributed by atoms with Crippen molar-refractivity contribution in [2.75, 3.05) is 83.3 Å². The summed E-state index contributed by atoms with van der Waals surface area (Å²) in [4.78, 5) is 53.1. The predicted molar refractivity (Wildman–Crippen MR) is 265 cm³/mol. The van der Waals surface area contributed by atoms with Crippen molar-refractivity contribution in [3.05, 3.63) is 93.0 Å². The van der Waals surface area contributed by atoms with Crippen LogP contribution in [0.15, 0.2) is 48.5 Å². The maximum absolute atomic E-state index is 13.3. The molecule has 0 unspecified atom stereocenters. The number of hydrogen-bond acceptors (Lipinski definition) is 16. The van der Waals surface area contributed by atoms with Crippen molar-refractivity contribution in [3.63, 3.8) is 0 Å². The largest absolute Gasteiger partial charge is 0.496 e. The predicted octanol–water partition coefficient (Wildman–Crippen LogP) is 9.48. The van der Waals surface area contributed by atoms with Gasteiger partial charge in [-0.25, -0.2) is 0 Å². The lowest BCUT2D eigenvalue weighted by Crippen LogP contribution is -2.17. The Kier molecular flexibility index (Phi) is 18.4. The van der Waals surface area contributed by atoms with E-state index in [0.29, 0.717) is 97.4 Å². The minimum atomic E-state index is -0.555. The monoisotopic (exact) mass is 996 g/mol. The summed E-state index contributed by atoms with van der Waals surface area (Å²) in [6.45, 7) is 0.133. The first-order valence-corrected chi connectivity index (χ1v) is 24.7. The van der Waals surface area contributed by atoms with Crippen LogP contribution in [0.2, 0.25) is 0 Å². The van der Waals surface area contributed by atoms with E-state index >= 15 is 0 Å². The molecule has 4 aromatic carbocycles. The van der Waals surface area contributed by atoms with E-state index in [2.05, 4.69) is 0 Å². The van der Waals surface area contributed by atoms with Crippen molar-refractivity contribution in [1.29, 1.82) is 0 Å². The molecule has 0 radical (unpaired) electrons. The van der Waals surface area contributed by atoms with E-state index in [1.165, 1.54) is 0 Å². The molecule has 16 heteroatoms. The second kappa shape index (κ2) is 25.0. The lowest BCUT2D eigenvalue weighted by Gasteiger charge is -2.31. The van der Waals surface area contributed by atoms with E-state index in [1.54, 1.807) is 56.9 Å². The Labute approximate surface area is 421 Å². The second-order valence-electron chi connectivity index (χ2n) is 18.0. The summed E-state index contributed by atoms with van der Waals surface area (Å²) in [5, 5.41) is 0. The molecule has 0 atom stereocenters. The third kappa shape index (κ3) is 11.9. The number of hydrogen-bond donors (Lipinski definition) is 0. The molecule has 12 bridgehead atoms. The quantitative estimate of drug-likeness (QED) is 0.120. The van der Waals surface area contributed by atoms with Crippen molar-refractivity contribution >= 4 is 23.9 Å². The first kappa shape index (κ1) is 53.0. The van der Waals surface area contributed by atoms with Crippen LogP contribution in [0, 0.1) is 0 Å². The van der Waals surface area contributed by atoms with Crippen LogP contribution < -0.4 is 37.9 Å². The summed E-state index contributed by atoms with van der Waals surface area (Å²) < 4.78 is 73.7. The van der Waals surface area contributed by atoms with Crippen LogP contribution in [-0.4, -0.2) is 107 Å². The Balaban J connectivity index is 1.66. The highest BCUT2D eigenvalue weighted by Crippen LogP contribution is 2.53. The standard InChI is InChI=1S/C56H68O16/c1-61-45-29-46(62-2)38-25-37(45)33-17-21-69-53(57)13-9-10-14-54(58)70-22-18-34(38)43-28-44(52(68-8)32-51(43)67-7)36-20-24-72-56(60)16-12-11-15-55(59)71-23-19-35(39-26-40(36)48(64-4)30-47(39)63-3)42-27-41(33)49(65-5)31-50(42)66-6/h25-36H,9-24H2,1-8H3. The molecule has 2 aliphatic heterocycles. The number of methoxy groups -OCH3 is 8. The van der Waals surface area contributed by atoms with Gasteiger partial charge in [-0.15, -0.1) is 0 Å². The second-order valence-corrected chi connectivity index (χ2v) is 18.0. The number of ether oxygens (including phenoxy) is 12. The van der Waals surface area contributed by atoms with Gasteiger partial charge < -0.3 is 56.8 Å². The topological polar surface area (TPSA) is 179 Å². The molecule has 0 N–H and O–H groups in total. The SMILES string of the molecule is COc1cc(OC)c2cc1C1CCOC(=O)CCCCC(=O)OCCC2c2cc(c(OC)cc2OC)C2CCOC(=O)CCCCC(=O)OCCC(c3cc2c(OC)cc3OC)c2cc1c(OC)cc2OC. The molecule has 0 amide bonds. The molecule has 72 heavy (non-hydrogen) atoms. The first-order valence-electron chi connectivity index (χ1n) is 24.7. The Morgan fingerprint density at radius 2 is 0.458 bits per heavy atom. The highest BCUT2D eigenvalue weighted by Gasteiger charge is 2.35. The maximum Gasteiger partial charge on any atom is 0.305 e. The summed E-state index contributed by atoms with van der Waals surface area (Å²) in [5.74, 6) is 0.203. The summed E-state index contributed by atoms with van der Waals surface area (Å²) in [5.41, 5.74) is 5.82. The van der Waals surface area contributed by atoms with Crippen LogP contribution >= 0.6 is 0 Å². The molecule has 1 aliphatic carbocycles. The van der Waals surface area contributed by atoms with Crippen LogP contribution in [0.3, 0.4) is 0 Å². The Morgan fingerprint density at radius 3 is 0.611 bits per heavy atom. The van der Waals surface area contributed by atoms with Gasteiger partial charge in [0.05, 0.1) is 83.3 Å². The molecule has 4 aromatic rings. The van der Waals surface area contributed by atoms with Gasteiger partial charge in [-0.1, -0.05) is 0 Å². The number of cyclic esters (lactones) is 4. The zero-order valence-corrected chi connectivity index (χ0v) is 42.8. The molecule has 7 rings (SSSR count). The van der Waals surface area contributed by atoms with Crippen LogP contribution in [0.4, 0.5) is 0 Å². The molecule has 0 aromatic heterocycles. The van der Waals surface area contributed by atoms with E-state index in [4.69, 9.17) is 56.8 Å². The lowest BCUT2D eigenvalue weighted by atomic mass is 9.77. The average molecular weight is 997 g/mol. The van der Waals surface area contributed by atoms with Crippen molar-refractivity contribution in [1.82, 2.24) is 0 Å². The first-order chi connectivity index (χ1) is 35.0. The Morgan fingerprint density at radius 1 is 0.292 bits per heavy atom. The summed E-state index contributed by atoms with van der Waals surface area (Å²) >= 11 is 0. The van der Waals surface area contributed by atoms with Crippen LogP contribution in [0.1, 0.15) is 145 Å². The van der Waals surface area contributed by atoms with Gasteiger partial charge >= 0.3 is 23.9 Å². The smallest absolute Gasteiger partial charge is 0.305 e. The van der Waals surface area contributed by atoms with Gasteiger partial charge in [-0.05, 0) is 75.6 Å². The molecule has 388 valence electrons. The fraction of sp³-hybridized carbons (Fsp3) is 0.500. The van der Waals surface area contributed by atoms with E-state index in [0.717, 1.165) is 44.5 Å². The van der Waals surface area contributed by atoms with Gasteiger partial charge in [0.2, 0.25) is 0 Å². The minimum Gasteiger partial charge on any atom is -0.496 e. The van der Waals surface area contributed by atoms with Crippen LogP contribution in [0.5, 0.6) is 46.0 Å². The highest BCUT2D eigenvalue weighted by atomic mass is 16.5. The summed E-state index contributed by atoms with van der Waals surface area (Å²) in [6, 6.07) is 15.5. The fourth-order valence-electron chi connectivity index (χ4n) is 10.4. The third-order valence-electron chi connectivity index (χ3n) is 14.0. The lowest BCUT2D eigenvalue weighted by molar-refractivity contribution is -0.146. The Hall–Kier alpha value is -6.84. The molecule has 0 spiro atoms. The minimum absolute atomic E-state index is 0.0331. The molecule has 3 aliphatic rings. The number of benzene rings is 4. The number of rotatable bonds is 8. The summed E-state index contributed by atoms with van der Waals surface area (Å²) in [7, 11) is 12.7. The van der Waals surface area contributed by atoms with Crippen molar-refractivity contribution in [2.24, 2.45) is 0 Å². The molecular formula is C56H68O16. The molecule has 0 fully saturated rings. The maximum atomic E-state index is 13.3. The van der Waals surface area contributed by atoms with Gasteiger partial charge in [-0.3, -0.25) is 19.2 Å². The molecule has 0 saturated carbocycles. The number of fused-ring (bicyclic) bond motifs is 8. The fourth-order valence-corrected chi connectivity index (χ4v) is 10.4. The van der Waals surface area contributed by atoms with Crippen molar-refractivity contribution < 1.29 is 76.0 Å². The zero-order valence-electron chi connectivity index (χ0n) is 42.8. The van der Waals surface area contributed by atoms with Crippen molar-refractivity contribution in [3.8, 4) is 46.0 Å². The summed E-state index contributed by atoms with van der Waals surface area (Å²) in [6.07, 6.45) is 3.48. The van der Waals surface area contributed by atoms with Gasteiger partial charge in [0.25, 0.3) is 0 Å². The third-order valence-corrected chi connectivity index (χ3v) is 14.0. The van der Waals surface area contributed by atoms with Gasteiger partial charge in [0.1, 0.15) is 46.0 Å². The highest BCUT2D eigenvalue weighted by molar-refractivity contribution is 5.72. The van der Waals surface area contributed by atoms with Gasteiger partial charge in [0, 0.05) is 118 Å². The molecular weight excluding hydrogens is 929 g/mol.